The van der Waals surface area contributed by atoms with Gasteiger partial charge < -0.3 is 14.4 Å². The van der Waals surface area contributed by atoms with Gasteiger partial charge in [-0.05, 0) is 91.7 Å². The number of halogens is 1. The van der Waals surface area contributed by atoms with Gasteiger partial charge in [-0.15, -0.1) is 0 Å². The molecule has 4 aliphatic rings. The average molecular weight is 584 g/mol. The largest absolute Gasteiger partial charge is 0.489 e. The Morgan fingerprint density at radius 1 is 1.23 bits per heavy atom. The standard InChI is InChI=1S/C31H38ClN3O4S/c1-20-5-3-7-27(38-2)24-10-8-22(24)16-35-18-31(14-4-6-21-15-23(32)9-11-25(21)31)19-39-28-13-12-26(33-29(28)35)30(36)34-40(37)17-20/h3,7,9,11-13,15,20,22,24,27,40H,4-6,8,10,14,16-19H2,1-2H3/b7-3+/t20-,22-,24+,27-,31-/m0/s1. The highest BCUT2D eigenvalue weighted by Crippen LogP contribution is 2.46. The first-order chi connectivity index (χ1) is 19.3. The fraction of sp³-hybridized carbons (Fsp3) is 0.548. The molecule has 2 aliphatic carbocycles. The first-order valence-corrected chi connectivity index (χ1v) is 16.2. The predicted octanol–water partition coefficient (Wildman–Crippen LogP) is 5.65. The van der Waals surface area contributed by atoms with Crippen molar-refractivity contribution < 1.29 is 18.5 Å². The SMILES string of the molecule is CO[C@H]1/C=C/C[C@H](C)C/[SH](=O)=N\C(=O)c2ccc3c(n2)N(C[C@@H]2CC[C@H]21)C[C@@]1(CCCc2cc(Cl)ccc21)CO3. The number of nitrogens with zero attached hydrogens (tertiary/aromatic N) is 3. The summed E-state index contributed by atoms with van der Waals surface area (Å²) in [7, 11) is -0.236. The molecule has 7 nitrogen and oxygen atoms in total. The molecule has 1 amide bonds. The van der Waals surface area contributed by atoms with Crippen molar-refractivity contribution in [3.8, 4) is 5.75 Å². The lowest BCUT2D eigenvalue weighted by Gasteiger charge is -2.45. The number of aromatic nitrogens is 1. The molecule has 2 aliphatic heterocycles. The number of allylic oxidation sites excluding steroid dienone is 1. The lowest BCUT2D eigenvalue weighted by molar-refractivity contribution is 0.0131. The summed E-state index contributed by atoms with van der Waals surface area (Å²) in [5.41, 5.74) is 2.58. The molecule has 1 unspecified atom stereocenters. The number of hydrogen-bond donors (Lipinski definition) is 1. The lowest BCUT2D eigenvalue weighted by Crippen LogP contribution is -2.49. The number of amides is 1. The molecule has 1 aromatic carbocycles. The lowest BCUT2D eigenvalue weighted by atomic mass is 9.68. The molecule has 6 rings (SSSR count). The van der Waals surface area contributed by atoms with E-state index >= 15 is 0 Å². The van der Waals surface area contributed by atoms with Crippen LogP contribution < -0.4 is 9.64 Å². The van der Waals surface area contributed by atoms with Crippen LogP contribution in [0.1, 0.15) is 60.6 Å². The molecule has 0 N–H and O–H groups in total. The molecule has 0 radical (unpaired) electrons. The van der Waals surface area contributed by atoms with Gasteiger partial charge >= 0.3 is 5.91 Å². The first kappa shape index (κ1) is 27.7. The Morgan fingerprint density at radius 3 is 2.90 bits per heavy atom. The van der Waals surface area contributed by atoms with Crippen molar-refractivity contribution in [1.29, 1.82) is 0 Å². The molecule has 40 heavy (non-hydrogen) atoms. The van der Waals surface area contributed by atoms with Crippen molar-refractivity contribution in [2.24, 2.45) is 22.1 Å². The summed E-state index contributed by atoms with van der Waals surface area (Å²) in [5.74, 6) is 2.15. The minimum Gasteiger partial charge on any atom is -0.489 e. The number of carbonyl (C=O) groups is 1. The van der Waals surface area contributed by atoms with Crippen molar-refractivity contribution in [3.63, 3.8) is 0 Å². The Labute approximate surface area is 243 Å². The van der Waals surface area contributed by atoms with Gasteiger partial charge in [0.2, 0.25) is 0 Å². The molecule has 1 saturated carbocycles. The quantitative estimate of drug-likeness (QED) is 0.345. The fourth-order valence-electron chi connectivity index (χ4n) is 7.01. The predicted molar refractivity (Wildman–Crippen MR) is 159 cm³/mol. The molecule has 2 bridgehead atoms. The number of thiol groups is 1. The Kier molecular flexibility index (Phi) is 7.94. The minimum absolute atomic E-state index is 0.0346. The van der Waals surface area contributed by atoms with Crippen LogP contribution in [0.2, 0.25) is 5.02 Å². The van der Waals surface area contributed by atoms with Gasteiger partial charge in [-0.2, -0.15) is 4.36 Å². The third-order valence-corrected chi connectivity index (χ3v) is 10.8. The Balaban J connectivity index is 1.43. The number of ether oxygens (including phenoxy) is 2. The van der Waals surface area contributed by atoms with Crippen LogP contribution in [0.5, 0.6) is 5.75 Å². The van der Waals surface area contributed by atoms with Crippen molar-refractivity contribution in [2.45, 2.75) is 57.0 Å². The molecular weight excluding hydrogens is 546 g/mol. The minimum atomic E-state index is -2.02. The summed E-state index contributed by atoms with van der Waals surface area (Å²) in [4.78, 5) is 20.3. The molecule has 214 valence electrons. The average Bonchev–Trinajstić information content (AvgIpc) is 3.06. The third-order valence-electron chi connectivity index (χ3n) is 9.26. The molecule has 1 fully saturated rings. The van der Waals surface area contributed by atoms with Crippen molar-refractivity contribution in [1.82, 2.24) is 4.98 Å². The molecule has 9 heteroatoms. The number of carbonyl (C=O) groups excluding carboxylic acids is 1. The van der Waals surface area contributed by atoms with E-state index in [2.05, 4.69) is 33.5 Å². The van der Waals surface area contributed by atoms with E-state index in [1.807, 2.05) is 19.1 Å². The Morgan fingerprint density at radius 2 is 2.10 bits per heavy atom. The van der Waals surface area contributed by atoms with Crippen LogP contribution >= 0.6 is 11.6 Å². The zero-order chi connectivity index (χ0) is 27.9. The van der Waals surface area contributed by atoms with Crippen LogP contribution in [0.4, 0.5) is 5.82 Å². The number of fused-ring (bicyclic) bond motifs is 4. The number of methoxy groups -OCH3 is 1. The maximum Gasteiger partial charge on any atom is 0.303 e. The first-order valence-electron chi connectivity index (χ1n) is 14.4. The van der Waals surface area contributed by atoms with Gasteiger partial charge in [0.15, 0.2) is 11.6 Å². The van der Waals surface area contributed by atoms with Gasteiger partial charge in [0, 0.05) is 47.0 Å². The van der Waals surface area contributed by atoms with E-state index < -0.39 is 16.5 Å². The van der Waals surface area contributed by atoms with Crippen LogP contribution in [0.3, 0.4) is 0 Å². The number of benzene rings is 1. The number of aryl methyl sites for hydroxylation is 1. The van der Waals surface area contributed by atoms with Crippen LogP contribution in [-0.2, 0) is 27.2 Å². The van der Waals surface area contributed by atoms with E-state index in [1.54, 1.807) is 13.2 Å². The Bertz CT molecular complexity index is 1410. The number of rotatable bonds is 1. The zero-order valence-corrected chi connectivity index (χ0v) is 24.9. The van der Waals surface area contributed by atoms with Gasteiger partial charge in [0.25, 0.3) is 0 Å². The zero-order valence-electron chi connectivity index (χ0n) is 23.2. The summed E-state index contributed by atoms with van der Waals surface area (Å²) < 4.78 is 29.3. The second kappa shape index (κ2) is 11.5. The van der Waals surface area contributed by atoms with Crippen LogP contribution in [0, 0.1) is 17.8 Å². The molecule has 1 spiro atoms. The molecule has 3 heterocycles. The highest BCUT2D eigenvalue weighted by Gasteiger charge is 2.44. The van der Waals surface area contributed by atoms with E-state index in [4.69, 9.17) is 26.1 Å². The number of pyridine rings is 1. The van der Waals surface area contributed by atoms with Crippen molar-refractivity contribution in [2.75, 3.05) is 37.5 Å². The highest BCUT2D eigenvalue weighted by molar-refractivity contribution is 7.75. The molecule has 0 saturated heterocycles. The van der Waals surface area contributed by atoms with Crippen LogP contribution in [0.25, 0.3) is 0 Å². The maximum atomic E-state index is 13.1. The molecular formula is C31H38ClN3O4S. The van der Waals surface area contributed by atoms with E-state index in [9.17, 15) is 9.00 Å². The summed E-state index contributed by atoms with van der Waals surface area (Å²) in [6, 6.07) is 9.74. The topological polar surface area (TPSA) is 81.1 Å². The van der Waals surface area contributed by atoms with Gasteiger partial charge in [-0.3, -0.25) is 9.00 Å². The summed E-state index contributed by atoms with van der Waals surface area (Å²) in [5, 5.41) is 0.760. The molecule has 2 aromatic rings. The smallest absolute Gasteiger partial charge is 0.303 e. The van der Waals surface area contributed by atoms with Crippen LogP contribution in [0.15, 0.2) is 46.8 Å². The molecule has 1 aromatic heterocycles. The summed E-state index contributed by atoms with van der Waals surface area (Å²) >= 11 is 6.39. The highest BCUT2D eigenvalue weighted by atomic mass is 35.5. The van der Waals surface area contributed by atoms with Crippen molar-refractivity contribution in [3.05, 3.63) is 64.3 Å². The fourth-order valence-corrected chi connectivity index (χ4v) is 8.28. The second-order valence-corrected chi connectivity index (χ2v) is 13.7. The van der Waals surface area contributed by atoms with E-state index in [-0.39, 0.29) is 23.1 Å². The van der Waals surface area contributed by atoms with Gasteiger partial charge in [-0.25, -0.2) is 4.98 Å². The van der Waals surface area contributed by atoms with Gasteiger partial charge in [0.05, 0.1) is 12.7 Å². The van der Waals surface area contributed by atoms with E-state index in [0.717, 1.165) is 56.6 Å². The number of hydrogen-bond acceptors (Lipinski definition) is 6. The third kappa shape index (κ3) is 5.42. The van der Waals surface area contributed by atoms with E-state index in [1.165, 1.54) is 11.1 Å². The van der Waals surface area contributed by atoms with Crippen LogP contribution in [-0.4, -0.2) is 53.8 Å². The van der Waals surface area contributed by atoms with Gasteiger partial charge in [-0.1, -0.05) is 36.7 Å². The second-order valence-electron chi connectivity index (χ2n) is 12.0. The summed E-state index contributed by atoms with van der Waals surface area (Å²) in [6.07, 6.45) is 10.4. The normalized spacial score (nSPS) is 33.4. The summed E-state index contributed by atoms with van der Waals surface area (Å²) in [6.45, 7) is 4.11. The van der Waals surface area contributed by atoms with Gasteiger partial charge in [0.1, 0.15) is 5.69 Å². The van der Waals surface area contributed by atoms with Crippen molar-refractivity contribution >= 4 is 33.9 Å². The van der Waals surface area contributed by atoms with E-state index in [0.29, 0.717) is 35.8 Å². The maximum absolute atomic E-state index is 13.1. The monoisotopic (exact) mass is 583 g/mol. The molecule has 6 atom stereocenters. The number of anilines is 1. The Hall–Kier alpha value is -2.42.